The molecule has 0 unspecified atom stereocenters. The Morgan fingerprint density at radius 2 is 1.79 bits per heavy atom. The quantitative estimate of drug-likeness (QED) is 0.370. The van der Waals surface area contributed by atoms with Gasteiger partial charge in [0.25, 0.3) is 11.4 Å². The van der Waals surface area contributed by atoms with Gasteiger partial charge in [-0.2, -0.15) is 0 Å². The average Bonchev–Trinajstić information content (AvgIpc) is 2.04. The SMILES string of the molecule is O=[N+]([O-])c1[c]ccc([N+](=O)[O-])c1.[Br-].[Zn]. The third kappa shape index (κ3) is 3.89. The smallest absolute Gasteiger partial charge is 0.284 e. The van der Waals surface area contributed by atoms with Gasteiger partial charge in [0.1, 0.15) is 0 Å². The van der Waals surface area contributed by atoms with E-state index in [0.29, 0.717) is 0 Å². The first-order chi connectivity index (χ1) is 5.61. The maximum Gasteiger partial charge on any atom is 0.284 e. The topological polar surface area (TPSA) is 86.3 Å². The number of nitro benzene ring substituents is 2. The molecule has 0 aliphatic heterocycles. The summed E-state index contributed by atoms with van der Waals surface area (Å²) in [6.07, 6.45) is 0. The van der Waals surface area contributed by atoms with Gasteiger partial charge in [-0.15, -0.1) is 0 Å². The summed E-state index contributed by atoms with van der Waals surface area (Å²) in [6, 6.07) is 5.42. The van der Waals surface area contributed by atoms with E-state index in [1.807, 2.05) is 0 Å². The van der Waals surface area contributed by atoms with Crippen LogP contribution in [0.25, 0.3) is 0 Å². The van der Waals surface area contributed by atoms with Crippen LogP contribution < -0.4 is 17.0 Å². The number of non-ortho nitro benzene ring substituents is 2. The number of halogens is 1. The van der Waals surface area contributed by atoms with Crippen LogP contribution in [-0.2, 0) is 19.5 Å². The fourth-order valence-corrected chi connectivity index (χ4v) is 0.661. The predicted molar refractivity (Wildman–Crippen MR) is 38.6 cm³/mol. The van der Waals surface area contributed by atoms with Crippen molar-refractivity contribution in [3.05, 3.63) is 44.5 Å². The van der Waals surface area contributed by atoms with Crippen molar-refractivity contribution in [2.24, 2.45) is 0 Å². The summed E-state index contributed by atoms with van der Waals surface area (Å²) < 4.78 is 0. The molecule has 6 nitrogen and oxygen atoms in total. The molecule has 8 heteroatoms. The summed E-state index contributed by atoms with van der Waals surface area (Å²) in [7, 11) is 0. The molecule has 0 saturated carbocycles. The molecule has 0 fully saturated rings. The third-order valence-corrected chi connectivity index (χ3v) is 1.18. The minimum atomic E-state index is -0.729. The average molecular weight is 312 g/mol. The fourth-order valence-electron chi connectivity index (χ4n) is 0.661. The van der Waals surface area contributed by atoms with Crippen molar-refractivity contribution >= 4 is 11.4 Å². The van der Waals surface area contributed by atoms with E-state index in [9.17, 15) is 20.2 Å². The minimum absolute atomic E-state index is 0. The second kappa shape index (κ2) is 6.56. The summed E-state index contributed by atoms with van der Waals surface area (Å²) in [5.74, 6) is 0. The first kappa shape index (κ1) is 15.6. The number of hydrogen-bond donors (Lipinski definition) is 0. The Kier molecular flexibility index (Phi) is 7.30. The molecule has 14 heavy (non-hydrogen) atoms. The monoisotopic (exact) mass is 310 g/mol. The van der Waals surface area contributed by atoms with Gasteiger partial charge in [0.2, 0.25) is 0 Å². The molecule has 1 aromatic rings. The molecule has 1 rings (SSSR count). The van der Waals surface area contributed by atoms with Crippen LogP contribution in [0, 0.1) is 26.3 Å². The molecule has 0 bridgehead atoms. The van der Waals surface area contributed by atoms with E-state index >= 15 is 0 Å². The van der Waals surface area contributed by atoms with Crippen molar-refractivity contribution < 1.29 is 46.3 Å². The number of nitrogens with zero attached hydrogens (tertiary/aromatic N) is 2. The molecular formula is C6H3BrN2O4Zn-. The normalized spacial score (nSPS) is 8.00. The maximum atomic E-state index is 10.1. The molecule has 1 radical (unpaired) electrons. The standard InChI is InChI=1S/C6H3N2O4.BrH.Zn/c9-7(10)5-2-1-3-6(4-5)8(11)12;;/h1-2,4H;1H;/p-1. The summed E-state index contributed by atoms with van der Waals surface area (Å²) in [5.41, 5.74) is -0.704. The summed E-state index contributed by atoms with van der Waals surface area (Å²) in [4.78, 5) is 18.8. The number of benzene rings is 1. The molecule has 0 aromatic heterocycles. The maximum absolute atomic E-state index is 10.1. The van der Waals surface area contributed by atoms with E-state index in [4.69, 9.17) is 0 Å². The van der Waals surface area contributed by atoms with Crippen LogP contribution in [0.5, 0.6) is 0 Å². The molecule has 1 aromatic carbocycles. The Morgan fingerprint density at radius 1 is 1.21 bits per heavy atom. The van der Waals surface area contributed by atoms with Gasteiger partial charge in [0.15, 0.2) is 0 Å². The molecule has 71 valence electrons. The van der Waals surface area contributed by atoms with Crippen LogP contribution >= 0.6 is 0 Å². The third-order valence-electron chi connectivity index (χ3n) is 1.18. The molecule has 0 spiro atoms. The van der Waals surface area contributed by atoms with Gasteiger partial charge in [0.05, 0.1) is 22.0 Å². The first-order valence-electron chi connectivity index (χ1n) is 2.92. The van der Waals surface area contributed by atoms with Gasteiger partial charge in [-0.3, -0.25) is 20.2 Å². The summed E-state index contributed by atoms with van der Waals surface area (Å²) in [6.45, 7) is 0. The van der Waals surface area contributed by atoms with Crippen molar-refractivity contribution in [1.82, 2.24) is 0 Å². The number of nitro groups is 2. The Bertz CT molecular complexity index is 317. The first-order valence-corrected chi connectivity index (χ1v) is 2.92. The van der Waals surface area contributed by atoms with E-state index in [0.717, 1.165) is 18.2 Å². The Morgan fingerprint density at radius 3 is 2.21 bits per heavy atom. The van der Waals surface area contributed by atoms with Gasteiger partial charge < -0.3 is 17.0 Å². The largest absolute Gasteiger partial charge is 1.00 e. The van der Waals surface area contributed by atoms with E-state index in [2.05, 4.69) is 6.07 Å². The fraction of sp³-hybridized carbons (Fsp3) is 0. The van der Waals surface area contributed by atoms with E-state index in [1.54, 1.807) is 0 Å². The van der Waals surface area contributed by atoms with Crippen LogP contribution in [0.3, 0.4) is 0 Å². The van der Waals surface area contributed by atoms with Crippen LogP contribution in [0.1, 0.15) is 0 Å². The van der Waals surface area contributed by atoms with Crippen LogP contribution in [-0.4, -0.2) is 9.85 Å². The van der Waals surface area contributed by atoms with Crippen molar-refractivity contribution in [2.45, 2.75) is 0 Å². The zero-order valence-corrected chi connectivity index (χ0v) is 11.4. The van der Waals surface area contributed by atoms with Gasteiger partial charge >= 0.3 is 0 Å². The Balaban J connectivity index is 0. The van der Waals surface area contributed by atoms with Gasteiger partial charge in [-0.05, 0) is 6.07 Å². The predicted octanol–water partition coefficient (Wildman–Crippen LogP) is -1.70. The molecule has 0 heterocycles. The van der Waals surface area contributed by atoms with Crippen molar-refractivity contribution in [3.8, 4) is 0 Å². The van der Waals surface area contributed by atoms with Crippen LogP contribution in [0.4, 0.5) is 11.4 Å². The zero-order chi connectivity index (χ0) is 9.14. The summed E-state index contributed by atoms with van der Waals surface area (Å²) in [5, 5.41) is 20.3. The van der Waals surface area contributed by atoms with Crippen LogP contribution in [0.15, 0.2) is 18.2 Å². The second-order valence-electron chi connectivity index (χ2n) is 1.95. The van der Waals surface area contributed by atoms with E-state index in [-0.39, 0.29) is 42.1 Å². The molecule has 0 atom stereocenters. The molecular weight excluding hydrogens is 309 g/mol. The second-order valence-corrected chi connectivity index (χ2v) is 1.95. The van der Waals surface area contributed by atoms with Crippen molar-refractivity contribution in [1.29, 1.82) is 0 Å². The van der Waals surface area contributed by atoms with Gasteiger partial charge in [-0.25, -0.2) is 0 Å². The Labute approximate surface area is 102 Å². The van der Waals surface area contributed by atoms with E-state index in [1.165, 1.54) is 0 Å². The number of rotatable bonds is 2. The molecule has 0 amide bonds. The Hall–Kier alpha value is -0.877. The molecule has 0 aliphatic rings. The van der Waals surface area contributed by atoms with Crippen molar-refractivity contribution in [3.63, 3.8) is 0 Å². The van der Waals surface area contributed by atoms with Crippen molar-refractivity contribution in [2.75, 3.05) is 0 Å². The number of hydrogen-bond acceptors (Lipinski definition) is 4. The van der Waals surface area contributed by atoms with Crippen LogP contribution in [0.2, 0.25) is 0 Å². The summed E-state index contributed by atoms with van der Waals surface area (Å²) >= 11 is 0. The zero-order valence-electron chi connectivity index (χ0n) is 6.84. The molecule has 0 N–H and O–H groups in total. The van der Waals surface area contributed by atoms with E-state index < -0.39 is 15.5 Å². The molecule has 0 aliphatic carbocycles. The van der Waals surface area contributed by atoms with Gasteiger partial charge in [0, 0.05) is 25.5 Å². The van der Waals surface area contributed by atoms with Gasteiger partial charge in [-0.1, -0.05) is 0 Å². The molecule has 0 saturated heterocycles. The minimum Gasteiger partial charge on any atom is -1.00 e.